The molecule has 0 fully saturated rings. The van der Waals surface area contributed by atoms with Gasteiger partial charge in [-0.15, -0.1) is 0 Å². The number of hydrogen-bond donors (Lipinski definition) is 2. The molecule has 0 aromatic carbocycles. The highest BCUT2D eigenvalue weighted by Crippen LogP contribution is 2.34. The van der Waals surface area contributed by atoms with Crippen LogP contribution in [0, 0.1) is 0 Å². The highest BCUT2D eigenvalue weighted by atomic mass is 16.4. The van der Waals surface area contributed by atoms with E-state index in [1.165, 1.54) is 25.7 Å². The number of carbonyl (C=O) groups excluding carboxylic acids is 1. The molecule has 0 aliphatic heterocycles. The first-order valence-corrected chi connectivity index (χ1v) is 13.9. The van der Waals surface area contributed by atoms with E-state index in [9.17, 15) is 29.7 Å². The summed E-state index contributed by atoms with van der Waals surface area (Å²) >= 11 is 0. The number of carboxylic acids is 3. The summed E-state index contributed by atoms with van der Waals surface area (Å²) in [6.45, 7) is 7.95. The molecular weight excluding hydrogens is 446 g/mol. The Balaban J connectivity index is 5.78. The number of nitrogens with zero attached hydrogens (tertiary/aromatic N) is 1. The predicted molar refractivity (Wildman–Crippen MR) is 138 cm³/mol. The van der Waals surface area contributed by atoms with Gasteiger partial charge < -0.3 is 20.1 Å². The summed E-state index contributed by atoms with van der Waals surface area (Å²) in [5.74, 6) is -3.59. The molecule has 204 valence electrons. The fourth-order valence-corrected chi connectivity index (χ4v) is 5.38. The Labute approximate surface area is 213 Å². The Bertz CT molecular complexity index is 573. The fraction of sp³-hybridized carbons (Fsp3) is 0.821. The summed E-state index contributed by atoms with van der Waals surface area (Å²) in [6.07, 6.45) is 15.9. The van der Waals surface area contributed by atoms with Gasteiger partial charge in [-0.3, -0.25) is 4.48 Å². The molecule has 0 bridgehead atoms. The molecule has 3 unspecified atom stereocenters. The van der Waals surface area contributed by atoms with Crippen molar-refractivity contribution in [3.05, 3.63) is 12.2 Å². The summed E-state index contributed by atoms with van der Waals surface area (Å²) in [7, 11) is 0. The highest BCUT2D eigenvalue weighted by molar-refractivity contribution is 5.77. The molecule has 2 N–H and O–H groups in total. The summed E-state index contributed by atoms with van der Waals surface area (Å²) in [5.41, 5.74) is 0. The number of carboxylic acid groups (broad SMARTS) is 3. The van der Waals surface area contributed by atoms with E-state index >= 15 is 0 Å². The number of carbonyl (C=O) groups is 3. The largest absolute Gasteiger partial charge is 0.544 e. The Morgan fingerprint density at radius 2 is 1.09 bits per heavy atom. The minimum Gasteiger partial charge on any atom is -0.544 e. The maximum absolute atomic E-state index is 12.5. The molecule has 0 saturated heterocycles. The van der Waals surface area contributed by atoms with Gasteiger partial charge in [-0.2, -0.15) is 0 Å². The second kappa shape index (κ2) is 19.3. The number of aliphatic carboxylic acids is 3. The average molecular weight is 498 g/mol. The van der Waals surface area contributed by atoms with Crippen molar-refractivity contribution in [2.45, 2.75) is 142 Å². The van der Waals surface area contributed by atoms with Crippen molar-refractivity contribution in [2.75, 3.05) is 6.54 Å². The number of quaternary nitrogens is 1. The average Bonchev–Trinajstić information content (AvgIpc) is 2.81. The zero-order valence-corrected chi connectivity index (χ0v) is 22.7. The van der Waals surface area contributed by atoms with Crippen molar-refractivity contribution in [3.63, 3.8) is 0 Å². The third kappa shape index (κ3) is 11.1. The van der Waals surface area contributed by atoms with E-state index in [0.29, 0.717) is 25.7 Å². The first kappa shape index (κ1) is 33.1. The van der Waals surface area contributed by atoms with Crippen molar-refractivity contribution < 1.29 is 34.2 Å². The normalized spacial score (nSPS) is 16.0. The van der Waals surface area contributed by atoms with Gasteiger partial charge >= 0.3 is 11.9 Å². The molecule has 0 amide bonds. The van der Waals surface area contributed by atoms with Crippen LogP contribution in [0.4, 0.5) is 0 Å². The van der Waals surface area contributed by atoms with Crippen molar-refractivity contribution in [1.29, 1.82) is 0 Å². The van der Waals surface area contributed by atoms with Crippen molar-refractivity contribution in [3.8, 4) is 0 Å². The SMILES string of the molecule is CCCCCC/C=C/CCCCC[N+](C(CCC)C(=O)[O-])(C(CCC)C(=O)O)C(CCC)C(=O)O. The van der Waals surface area contributed by atoms with E-state index in [1.807, 2.05) is 20.8 Å². The van der Waals surface area contributed by atoms with Crippen LogP contribution >= 0.6 is 0 Å². The van der Waals surface area contributed by atoms with Crippen LogP contribution in [0.15, 0.2) is 12.2 Å². The van der Waals surface area contributed by atoms with Crippen molar-refractivity contribution in [1.82, 2.24) is 0 Å². The van der Waals surface area contributed by atoms with Crippen molar-refractivity contribution in [2.24, 2.45) is 0 Å². The smallest absolute Gasteiger partial charge is 0.362 e. The molecule has 7 heteroatoms. The van der Waals surface area contributed by atoms with Crippen LogP contribution in [0.5, 0.6) is 0 Å². The van der Waals surface area contributed by atoms with Crippen LogP contribution in [0.25, 0.3) is 0 Å². The molecule has 0 rings (SSSR count). The molecule has 0 aliphatic rings. The second-order valence-corrected chi connectivity index (χ2v) is 9.80. The number of allylic oxidation sites excluding steroid dienone is 2. The Morgan fingerprint density at radius 1 is 0.657 bits per heavy atom. The van der Waals surface area contributed by atoms with Crippen LogP contribution in [-0.4, -0.2) is 57.3 Å². The second-order valence-electron chi connectivity index (χ2n) is 9.80. The standard InChI is InChI=1S/C28H51NO6/c1-5-9-10-11-12-13-14-15-16-17-18-22-29(23(19-6-2)26(30)31,24(20-7-3)27(32)33)25(21-8-4)28(34)35/h13-14,23-25H,5-12,15-22H2,1-4H3,(H2-,30,31,32,33,34,35)/b14-13+. The van der Waals surface area contributed by atoms with Crippen molar-refractivity contribution >= 4 is 17.9 Å². The quantitative estimate of drug-likeness (QED) is 0.112. The minimum absolute atomic E-state index is 0.199. The van der Waals surface area contributed by atoms with E-state index in [4.69, 9.17) is 0 Å². The van der Waals surface area contributed by atoms with Crippen LogP contribution in [0.2, 0.25) is 0 Å². The third-order valence-corrected chi connectivity index (χ3v) is 7.08. The number of hydrogen-bond acceptors (Lipinski definition) is 4. The molecule has 0 aliphatic carbocycles. The molecule has 0 aromatic heterocycles. The van der Waals surface area contributed by atoms with E-state index in [0.717, 1.165) is 25.7 Å². The van der Waals surface area contributed by atoms with Gasteiger partial charge in [0.2, 0.25) is 0 Å². The van der Waals surface area contributed by atoms with E-state index < -0.39 is 40.5 Å². The van der Waals surface area contributed by atoms with Crippen LogP contribution < -0.4 is 5.11 Å². The zero-order chi connectivity index (χ0) is 26.7. The van der Waals surface area contributed by atoms with Gasteiger partial charge in [-0.25, -0.2) is 9.59 Å². The minimum atomic E-state index is -1.34. The molecular formula is C28H51NO6. The van der Waals surface area contributed by atoms with Gasteiger partial charge in [0.15, 0.2) is 12.1 Å². The Kier molecular flexibility index (Phi) is 18.3. The maximum atomic E-state index is 12.5. The summed E-state index contributed by atoms with van der Waals surface area (Å²) in [5, 5.41) is 32.7. The Morgan fingerprint density at radius 3 is 1.46 bits per heavy atom. The lowest BCUT2D eigenvalue weighted by molar-refractivity contribution is -0.975. The summed E-state index contributed by atoms with van der Waals surface area (Å²) in [6, 6.07) is -3.35. The lowest BCUT2D eigenvalue weighted by atomic mass is 9.91. The molecule has 7 nitrogen and oxygen atoms in total. The van der Waals surface area contributed by atoms with Crippen LogP contribution in [-0.2, 0) is 14.4 Å². The predicted octanol–water partition coefficient (Wildman–Crippen LogP) is 5.32. The first-order chi connectivity index (χ1) is 16.7. The number of rotatable bonds is 23. The summed E-state index contributed by atoms with van der Waals surface area (Å²) < 4.78 is -0.449. The molecule has 0 radical (unpaired) electrons. The lowest BCUT2D eigenvalue weighted by Gasteiger charge is -2.52. The monoisotopic (exact) mass is 497 g/mol. The first-order valence-electron chi connectivity index (χ1n) is 13.9. The van der Waals surface area contributed by atoms with E-state index in [-0.39, 0.29) is 25.8 Å². The fourth-order valence-electron chi connectivity index (χ4n) is 5.38. The molecule has 3 atom stereocenters. The molecule has 0 spiro atoms. The van der Waals surface area contributed by atoms with Gasteiger partial charge in [0, 0.05) is 19.3 Å². The van der Waals surface area contributed by atoms with E-state index in [2.05, 4.69) is 19.1 Å². The Hall–Kier alpha value is -1.89. The van der Waals surface area contributed by atoms with Gasteiger partial charge in [0.05, 0.1) is 12.5 Å². The third-order valence-electron chi connectivity index (χ3n) is 7.08. The molecule has 0 saturated carbocycles. The summed E-state index contributed by atoms with van der Waals surface area (Å²) in [4.78, 5) is 37.3. The topological polar surface area (TPSA) is 115 Å². The van der Waals surface area contributed by atoms with Crippen LogP contribution in [0.3, 0.4) is 0 Å². The van der Waals surface area contributed by atoms with Gasteiger partial charge in [-0.05, 0) is 51.4 Å². The van der Waals surface area contributed by atoms with Crippen LogP contribution in [0.1, 0.15) is 124 Å². The van der Waals surface area contributed by atoms with Gasteiger partial charge in [0.25, 0.3) is 0 Å². The molecule has 0 heterocycles. The molecule has 0 aromatic rings. The highest BCUT2D eigenvalue weighted by Gasteiger charge is 2.54. The van der Waals surface area contributed by atoms with Gasteiger partial charge in [0.1, 0.15) is 6.04 Å². The molecule has 35 heavy (non-hydrogen) atoms. The zero-order valence-electron chi connectivity index (χ0n) is 22.7. The van der Waals surface area contributed by atoms with Gasteiger partial charge in [-0.1, -0.05) is 65.5 Å². The lowest BCUT2D eigenvalue weighted by Crippen LogP contribution is -2.74. The maximum Gasteiger partial charge on any atom is 0.362 e. The number of unbranched alkanes of at least 4 members (excludes halogenated alkanes) is 7. The van der Waals surface area contributed by atoms with E-state index in [1.54, 1.807) is 0 Å².